The van der Waals surface area contributed by atoms with E-state index in [-0.39, 0.29) is 11.5 Å². The molecule has 0 spiro atoms. The van der Waals surface area contributed by atoms with Crippen molar-refractivity contribution in [3.8, 4) is 11.8 Å². The molecule has 0 aliphatic heterocycles. The molecule has 3 nitrogen and oxygen atoms in total. The summed E-state index contributed by atoms with van der Waals surface area (Å²) in [7, 11) is 0. The molecule has 0 saturated heterocycles. The maximum absolute atomic E-state index is 13.5. The van der Waals surface area contributed by atoms with Gasteiger partial charge >= 0.3 is 0 Å². The van der Waals surface area contributed by atoms with Crippen molar-refractivity contribution in [2.75, 3.05) is 0 Å². The number of hydrogen-bond donors (Lipinski definition) is 0. The van der Waals surface area contributed by atoms with Gasteiger partial charge < -0.3 is 4.57 Å². The second-order valence-corrected chi connectivity index (χ2v) is 4.72. The van der Waals surface area contributed by atoms with Crippen LogP contribution in [0.3, 0.4) is 0 Å². The Kier molecular flexibility index (Phi) is 3.03. The minimum Gasteiger partial charge on any atom is -0.305 e. The molecular formula is C17H11FN2O. The molecule has 0 N–H and O–H groups in total. The number of carbonyl (C=O) groups is 1. The van der Waals surface area contributed by atoms with Gasteiger partial charge in [-0.25, -0.2) is 4.39 Å². The number of fused-ring (bicyclic) bond motifs is 1. The monoisotopic (exact) mass is 278 g/mol. The Balaban J connectivity index is 2.49. The van der Waals surface area contributed by atoms with Gasteiger partial charge in [-0.05, 0) is 24.3 Å². The molecule has 0 aliphatic rings. The Hall–Kier alpha value is -2.93. The standard InChI is InChI=1S/C17H11FN2O/c1-11(21)17-15(10-19)14-7-2-3-8-16(14)20(17)13-6-4-5-12(18)9-13/h2-9H,1H3. The van der Waals surface area contributed by atoms with E-state index in [1.165, 1.54) is 19.1 Å². The van der Waals surface area contributed by atoms with Crippen molar-refractivity contribution in [2.45, 2.75) is 6.92 Å². The van der Waals surface area contributed by atoms with E-state index in [2.05, 4.69) is 6.07 Å². The molecule has 0 atom stereocenters. The molecule has 0 saturated carbocycles. The third kappa shape index (κ3) is 2.00. The first-order valence-electron chi connectivity index (χ1n) is 6.44. The fraction of sp³-hybridized carbons (Fsp3) is 0.0588. The summed E-state index contributed by atoms with van der Waals surface area (Å²) < 4.78 is 15.1. The molecule has 0 fully saturated rings. The van der Waals surface area contributed by atoms with Crippen molar-refractivity contribution in [3.05, 3.63) is 65.6 Å². The van der Waals surface area contributed by atoms with Gasteiger partial charge in [0.05, 0.1) is 11.1 Å². The molecule has 1 heterocycles. The minimum absolute atomic E-state index is 0.230. The maximum atomic E-state index is 13.5. The van der Waals surface area contributed by atoms with E-state index in [1.807, 2.05) is 18.2 Å². The second-order valence-electron chi connectivity index (χ2n) is 4.72. The van der Waals surface area contributed by atoms with Crippen LogP contribution in [0.1, 0.15) is 23.0 Å². The number of nitriles is 1. The third-order valence-electron chi connectivity index (χ3n) is 3.39. The quantitative estimate of drug-likeness (QED) is 0.668. The van der Waals surface area contributed by atoms with Crippen LogP contribution in [-0.4, -0.2) is 10.4 Å². The molecule has 21 heavy (non-hydrogen) atoms. The zero-order chi connectivity index (χ0) is 15.0. The summed E-state index contributed by atoms with van der Waals surface area (Å²) >= 11 is 0. The summed E-state index contributed by atoms with van der Waals surface area (Å²) in [6.07, 6.45) is 0. The van der Waals surface area contributed by atoms with Crippen molar-refractivity contribution in [1.29, 1.82) is 5.26 Å². The van der Waals surface area contributed by atoms with Crippen molar-refractivity contribution in [1.82, 2.24) is 4.57 Å². The predicted octanol–water partition coefficient (Wildman–Crippen LogP) is 3.84. The molecule has 2 aromatic carbocycles. The largest absolute Gasteiger partial charge is 0.305 e. The average Bonchev–Trinajstić information content (AvgIpc) is 2.81. The number of Topliss-reactive ketones (excluding diaryl/α,β-unsaturated/α-hetero) is 1. The number of carbonyl (C=O) groups excluding carboxylic acids is 1. The van der Waals surface area contributed by atoms with Crippen molar-refractivity contribution in [3.63, 3.8) is 0 Å². The Morgan fingerprint density at radius 1 is 1.19 bits per heavy atom. The van der Waals surface area contributed by atoms with Crippen molar-refractivity contribution >= 4 is 16.7 Å². The zero-order valence-electron chi connectivity index (χ0n) is 11.3. The van der Waals surface area contributed by atoms with Gasteiger partial charge in [0.15, 0.2) is 5.78 Å². The molecule has 0 unspecified atom stereocenters. The number of nitrogens with zero attached hydrogens (tertiary/aromatic N) is 2. The van der Waals surface area contributed by atoms with Crippen molar-refractivity contribution in [2.24, 2.45) is 0 Å². The molecule has 3 aromatic rings. The molecule has 0 amide bonds. The zero-order valence-corrected chi connectivity index (χ0v) is 11.3. The summed E-state index contributed by atoms with van der Waals surface area (Å²) in [5.41, 5.74) is 1.84. The Morgan fingerprint density at radius 2 is 1.95 bits per heavy atom. The van der Waals surface area contributed by atoms with E-state index < -0.39 is 5.82 Å². The van der Waals surface area contributed by atoms with Gasteiger partial charge in [-0.2, -0.15) is 5.26 Å². The topological polar surface area (TPSA) is 45.8 Å². The lowest BCUT2D eigenvalue weighted by Gasteiger charge is -2.09. The maximum Gasteiger partial charge on any atom is 0.177 e. The minimum atomic E-state index is -0.390. The van der Waals surface area contributed by atoms with Gasteiger partial charge in [-0.3, -0.25) is 4.79 Å². The second kappa shape index (κ2) is 4.88. The Labute approximate surface area is 120 Å². The summed E-state index contributed by atoms with van der Waals surface area (Å²) in [5.74, 6) is -0.620. The lowest BCUT2D eigenvalue weighted by Crippen LogP contribution is -2.06. The highest BCUT2D eigenvalue weighted by Crippen LogP contribution is 2.29. The van der Waals surface area contributed by atoms with Gasteiger partial charge in [-0.15, -0.1) is 0 Å². The van der Waals surface area contributed by atoms with Crippen molar-refractivity contribution < 1.29 is 9.18 Å². The van der Waals surface area contributed by atoms with Gasteiger partial charge in [0.25, 0.3) is 0 Å². The number of hydrogen-bond acceptors (Lipinski definition) is 2. The van der Waals surface area contributed by atoms with Crippen LogP contribution in [-0.2, 0) is 0 Å². The van der Waals surface area contributed by atoms with E-state index in [9.17, 15) is 14.4 Å². The molecule has 102 valence electrons. The fourth-order valence-electron chi connectivity index (χ4n) is 2.57. The lowest BCUT2D eigenvalue weighted by molar-refractivity contribution is 0.101. The molecule has 1 aromatic heterocycles. The van der Waals surface area contributed by atoms with Crippen LogP contribution in [0, 0.1) is 17.1 Å². The molecule has 0 radical (unpaired) electrons. The van der Waals surface area contributed by atoms with Crippen LogP contribution in [0.5, 0.6) is 0 Å². The average molecular weight is 278 g/mol. The lowest BCUT2D eigenvalue weighted by atomic mass is 10.1. The van der Waals surface area contributed by atoms with Gasteiger partial charge in [0.2, 0.25) is 0 Å². The fourth-order valence-corrected chi connectivity index (χ4v) is 2.57. The van der Waals surface area contributed by atoms with Crippen LogP contribution >= 0.6 is 0 Å². The summed E-state index contributed by atoms with van der Waals surface area (Å²) in [4.78, 5) is 12.0. The smallest absolute Gasteiger partial charge is 0.177 e. The number of benzene rings is 2. The van der Waals surface area contributed by atoms with E-state index in [0.29, 0.717) is 22.2 Å². The first-order valence-corrected chi connectivity index (χ1v) is 6.44. The Morgan fingerprint density at radius 3 is 2.62 bits per heavy atom. The molecule has 0 aliphatic carbocycles. The third-order valence-corrected chi connectivity index (χ3v) is 3.39. The molecule has 0 bridgehead atoms. The SMILES string of the molecule is CC(=O)c1c(C#N)c2ccccc2n1-c1cccc(F)c1. The summed E-state index contributed by atoms with van der Waals surface area (Å²) in [6.45, 7) is 1.41. The molecule has 3 rings (SSSR count). The van der Waals surface area contributed by atoms with Crippen LogP contribution in [0.4, 0.5) is 4.39 Å². The number of aromatic nitrogens is 1. The summed E-state index contributed by atoms with van der Waals surface area (Å²) in [5, 5.41) is 10.1. The van der Waals surface area contributed by atoms with E-state index in [0.717, 1.165) is 0 Å². The highest BCUT2D eigenvalue weighted by atomic mass is 19.1. The number of ketones is 1. The molecular weight excluding hydrogens is 267 g/mol. The summed E-state index contributed by atoms with van der Waals surface area (Å²) in [6, 6.07) is 15.3. The number of halogens is 1. The predicted molar refractivity (Wildman–Crippen MR) is 78.0 cm³/mol. The molecule has 4 heteroatoms. The van der Waals surface area contributed by atoms with Gasteiger partial charge in [0, 0.05) is 18.0 Å². The van der Waals surface area contributed by atoms with Gasteiger partial charge in [0.1, 0.15) is 17.6 Å². The number of para-hydroxylation sites is 1. The number of rotatable bonds is 2. The van der Waals surface area contributed by atoms with Crippen LogP contribution < -0.4 is 0 Å². The highest BCUT2D eigenvalue weighted by Gasteiger charge is 2.21. The van der Waals surface area contributed by atoms with E-state index in [4.69, 9.17) is 0 Å². The van der Waals surface area contributed by atoms with Crippen LogP contribution in [0.25, 0.3) is 16.6 Å². The normalized spacial score (nSPS) is 10.5. The van der Waals surface area contributed by atoms with Gasteiger partial charge in [-0.1, -0.05) is 24.3 Å². The van der Waals surface area contributed by atoms with Crippen LogP contribution in [0.2, 0.25) is 0 Å². The Bertz CT molecular complexity index is 903. The van der Waals surface area contributed by atoms with E-state index >= 15 is 0 Å². The first-order chi connectivity index (χ1) is 10.1. The highest BCUT2D eigenvalue weighted by molar-refractivity contribution is 6.04. The first kappa shape index (κ1) is 13.1. The van der Waals surface area contributed by atoms with E-state index in [1.54, 1.807) is 22.8 Å². The van der Waals surface area contributed by atoms with Crippen LogP contribution in [0.15, 0.2) is 48.5 Å².